The molecular weight excluding hydrogens is 332 g/mol. The third-order valence-corrected chi connectivity index (χ3v) is 5.25. The molecule has 1 unspecified atom stereocenters. The average molecular weight is 361 g/mol. The van der Waals surface area contributed by atoms with E-state index in [-0.39, 0.29) is 5.91 Å². The first-order chi connectivity index (χ1) is 11.8. The Morgan fingerprint density at radius 2 is 1.92 bits per heavy atom. The molecule has 0 aliphatic rings. The molecule has 0 bridgehead atoms. The summed E-state index contributed by atoms with van der Waals surface area (Å²) in [6.07, 6.45) is -0.552. The van der Waals surface area contributed by atoms with Crippen molar-refractivity contribution in [3.63, 3.8) is 0 Å². The second kappa shape index (κ2) is 8.48. The molecule has 25 heavy (non-hydrogen) atoms. The third-order valence-electron chi connectivity index (χ3n) is 4.06. The molecule has 1 heterocycles. The maximum Gasteiger partial charge on any atom is 0.261 e. The van der Waals surface area contributed by atoms with Crippen molar-refractivity contribution in [1.29, 1.82) is 0 Å². The smallest absolute Gasteiger partial charge is 0.261 e. The Labute approximate surface area is 154 Å². The summed E-state index contributed by atoms with van der Waals surface area (Å²) >= 11 is 1.63. The molecule has 0 fully saturated rings. The van der Waals surface area contributed by atoms with Gasteiger partial charge in [-0.05, 0) is 37.0 Å². The zero-order valence-electron chi connectivity index (χ0n) is 15.9. The lowest BCUT2D eigenvalue weighted by atomic mass is 10.0. The summed E-state index contributed by atoms with van der Waals surface area (Å²) in [4.78, 5) is 16.9. The molecule has 0 spiro atoms. The number of aryl methyl sites for hydroxylation is 1. The number of nitrogens with zero attached hydrogens (tertiary/aromatic N) is 1. The van der Waals surface area contributed by atoms with E-state index in [1.54, 1.807) is 18.3 Å². The van der Waals surface area contributed by atoms with Crippen LogP contribution >= 0.6 is 11.3 Å². The van der Waals surface area contributed by atoms with Gasteiger partial charge in [0, 0.05) is 11.3 Å². The van der Waals surface area contributed by atoms with Gasteiger partial charge >= 0.3 is 0 Å². The van der Waals surface area contributed by atoms with Crippen LogP contribution in [-0.2, 0) is 11.3 Å². The Hall–Kier alpha value is -1.88. The lowest BCUT2D eigenvalue weighted by Gasteiger charge is -2.17. The second-order valence-electron chi connectivity index (χ2n) is 6.99. The largest absolute Gasteiger partial charge is 0.481 e. The normalized spacial score (nSPS) is 12.5. The van der Waals surface area contributed by atoms with Gasteiger partial charge in [0.05, 0.1) is 17.2 Å². The highest BCUT2D eigenvalue weighted by Crippen LogP contribution is 2.25. The highest BCUT2D eigenvalue weighted by molar-refractivity contribution is 7.09. The quantitative estimate of drug-likeness (QED) is 0.773. The van der Waals surface area contributed by atoms with E-state index < -0.39 is 6.10 Å². The number of ether oxygens (including phenoxy) is 1. The van der Waals surface area contributed by atoms with E-state index in [9.17, 15) is 4.79 Å². The van der Waals surface area contributed by atoms with Gasteiger partial charge in [0.1, 0.15) is 5.75 Å². The van der Waals surface area contributed by atoms with Crippen LogP contribution in [0.1, 0.15) is 68.3 Å². The van der Waals surface area contributed by atoms with Crippen LogP contribution in [0, 0.1) is 6.92 Å². The number of rotatable bonds is 7. The Morgan fingerprint density at radius 3 is 2.52 bits per heavy atom. The van der Waals surface area contributed by atoms with Crippen molar-refractivity contribution in [1.82, 2.24) is 10.3 Å². The minimum absolute atomic E-state index is 0.131. The summed E-state index contributed by atoms with van der Waals surface area (Å²) < 4.78 is 5.90. The zero-order chi connectivity index (χ0) is 18.6. The van der Waals surface area contributed by atoms with Crippen molar-refractivity contribution in [2.24, 2.45) is 0 Å². The van der Waals surface area contributed by atoms with Crippen LogP contribution in [0.25, 0.3) is 0 Å². The topological polar surface area (TPSA) is 51.2 Å². The maximum absolute atomic E-state index is 12.3. The van der Waals surface area contributed by atoms with Gasteiger partial charge in [-0.3, -0.25) is 4.79 Å². The molecule has 1 amide bonds. The number of thiazole rings is 1. The first-order valence-electron chi connectivity index (χ1n) is 8.77. The molecule has 0 saturated heterocycles. The summed E-state index contributed by atoms with van der Waals surface area (Å²) in [5, 5.41) is 6.00. The van der Waals surface area contributed by atoms with Crippen LogP contribution < -0.4 is 10.1 Å². The second-order valence-corrected chi connectivity index (χ2v) is 7.88. The van der Waals surface area contributed by atoms with Crippen LogP contribution in [0.3, 0.4) is 0 Å². The van der Waals surface area contributed by atoms with Gasteiger partial charge in [0.25, 0.3) is 5.91 Å². The molecule has 2 rings (SSSR count). The first kappa shape index (κ1) is 19.4. The summed E-state index contributed by atoms with van der Waals surface area (Å²) in [6, 6.07) is 6.17. The lowest BCUT2D eigenvalue weighted by Crippen LogP contribution is -2.36. The molecule has 5 heteroatoms. The van der Waals surface area contributed by atoms with Crippen molar-refractivity contribution in [3.05, 3.63) is 45.4 Å². The van der Waals surface area contributed by atoms with Crippen LogP contribution in [0.2, 0.25) is 0 Å². The van der Waals surface area contributed by atoms with Crippen molar-refractivity contribution >= 4 is 17.2 Å². The fourth-order valence-electron chi connectivity index (χ4n) is 2.34. The van der Waals surface area contributed by atoms with Crippen LogP contribution in [-0.4, -0.2) is 17.0 Å². The molecule has 0 radical (unpaired) electrons. The Bertz CT molecular complexity index is 722. The number of hydrogen-bond donors (Lipinski definition) is 1. The minimum Gasteiger partial charge on any atom is -0.481 e. The van der Waals surface area contributed by atoms with E-state index in [2.05, 4.69) is 44.1 Å². The number of carbonyl (C=O) groups excluding carboxylic acids is 1. The summed E-state index contributed by atoms with van der Waals surface area (Å²) in [5.74, 6) is 1.47. The molecule has 1 N–H and O–H groups in total. The Morgan fingerprint density at radius 1 is 1.20 bits per heavy atom. The third kappa shape index (κ3) is 5.30. The number of aromatic nitrogens is 1. The standard InChI is InChI=1S/C20H28N2O2S/c1-12(2)16-8-7-14(5)18(9-16)24-15(6)19(23)21-10-17-11-25-20(22-17)13(3)4/h7-9,11-13,15H,10H2,1-6H3,(H,21,23). The Kier molecular flexibility index (Phi) is 6.59. The van der Waals surface area contributed by atoms with Gasteiger partial charge in [-0.15, -0.1) is 11.3 Å². The molecule has 0 aliphatic carbocycles. The minimum atomic E-state index is -0.552. The van der Waals surface area contributed by atoms with E-state index >= 15 is 0 Å². The van der Waals surface area contributed by atoms with Crippen molar-refractivity contribution in [2.45, 2.75) is 66.0 Å². The molecule has 1 aromatic carbocycles. The van der Waals surface area contributed by atoms with E-state index in [1.807, 2.05) is 24.4 Å². The van der Waals surface area contributed by atoms with E-state index in [0.29, 0.717) is 18.4 Å². The lowest BCUT2D eigenvalue weighted by molar-refractivity contribution is -0.127. The number of nitrogens with one attached hydrogen (secondary N) is 1. The number of amides is 1. The van der Waals surface area contributed by atoms with Crippen LogP contribution in [0.5, 0.6) is 5.75 Å². The van der Waals surface area contributed by atoms with Gasteiger partial charge in [0.15, 0.2) is 6.10 Å². The predicted molar refractivity (Wildman–Crippen MR) is 103 cm³/mol. The van der Waals surface area contributed by atoms with Gasteiger partial charge in [-0.1, -0.05) is 39.8 Å². The van der Waals surface area contributed by atoms with Crippen molar-refractivity contribution in [2.75, 3.05) is 0 Å². The van der Waals surface area contributed by atoms with Crippen LogP contribution in [0.4, 0.5) is 0 Å². The fourth-order valence-corrected chi connectivity index (χ4v) is 3.17. The van der Waals surface area contributed by atoms with Crippen molar-refractivity contribution in [3.8, 4) is 5.75 Å². The SMILES string of the molecule is Cc1ccc(C(C)C)cc1OC(C)C(=O)NCc1csc(C(C)C)n1. The van der Waals surface area contributed by atoms with Gasteiger partial charge in [-0.2, -0.15) is 0 Å². The zero-order valence-corrected chi connectivity index (χ0v) is 16.7. The highest BCUT2D eigenvalue weighted by Gasteiger charge is 2.17. The number of carbonyl (C=O) groups is 1. The Balaban J connectivity index is 1.94. The summed E-state index contributed by atoms with van der Waals surface area (Å²) in [7, 11) is 0. The molecule has 4 nitrogen and oxygen atoms in total. The fraction of sp³-hybridized carbons (Fsp3) is 0.500. The summed E-state index contributed by atoms with van der Waals surface area (Å²) in [6.45, 7) is 12.7. The van der Waals surface area contributed by atoms with E-state index in [0.717, 1.165) is 22.0 Å². The number of hydrogen-bond acceptors (Lipinski definition) is 4. The van der Waals surface area contributed by atoms with Gasteiger partial charge < -0.3 is 10.1 Å². The molecule has 136 valence electrons. The molecule has 0 aliphatic heterocycles. The highest BCUT2D eigenvalue weighted by atomic mass is 32.1. The van der Waals surface area contributed by atoms with Crippen molar-refractivity contribution < 1.29 is 9.53 Å². The number of benzene rings is 1. The summed E-state index contributed by atoms with van der Waals surface area (Å²) in [5.41, 5.74) is 3.13. The molecule has 2 aromatic rings. The molecule has 1 atom stereocenters. The van der Waals surface area contributed by atoms with Crippen LogP contribution in [0.15, 0.2) is 23.6 Å². The average Bonchev–Trinajstić information content (AvgIpc) is 3.03. The predicted octanol–water partition coefficient (Wildman–Crippen LogP) is 4.78. The monoisotopic (exact) mass is 360 g/mol. The van der Waals surface area contributed by atoms with Gasteiger partial charge in [-0.25, -0.2) is 4.98 Å². The molecular formula is C20H28N2O2S. The maximum atomic E-state index is 12.3. The van der Waals surface area contributed by atoms with E-state index in [1.165, 1.54) is 5.56 Å². The molecule has 0 saturated carbocycles. The van der Waals surface area contributed by atoms with E-state index in [4.69, 9.17) is 4.74 Å². The first-order valence-corrected chi connectivity index (χ1v) is 9.65. The molecule has 1 aromatic heterocycles. The van der Waals surface area contributed by atoms with Gasteiger partial charge in [0.2, 0.25) is 0 Å².